The van der Waals surface area contributed by atoms with Gasteiger partial charge in [-0.1, -0.05) is 6.07 Å². The number of pyridine rings is 1. The van der Waals surface area contributed by atoms with Crippen molar-refractivity contribution in [2.75, 3.05) is 45.2 Å². The minimum absolute atomic E-state index is 0.827. The van der Waals surface area contributed by atoms with Gasteiger partial charge in [0.25, 0.3) is 0 Å². The number of likely N-dealkylation sites (N-methyl/N-ethyl adjacent to an activating group) is 1. The van der Waals surface area contributed by atoms with Crippen molar-refractivity contribution in [2.45, 2.75) is 19.4 Å². The molecule has 0 saturated carbocycles. The van der Waals surface area contributed by atoms with Gasteiger partial charge in [-0.05, 0) is 45.1 Å². The SMILES string of the molecule is CNCc1cccc(N(C)CCN2CCCC2)n1. The lowest BCUT2D eigenvalue weighted by Gasteiger charge is -2.22. The largest absolute Gasteiger partial charge is 0.358 e. The van der Waals surface area contributed by atoms with E-state index in [1.807, 2.05) is 7.05 Å². The van der Waals surface area contributed by atoms with Crippen LogP contribution >= 0.6 is 0 Å². The van der Waals surface area contributed by atoms with Crippen molar-refractivity contribution in [3.63, 3.8) is 0 Å². The fraction of sp³-hybridized carbons (Fsp3) is 0.643. The molecule has 0 radical (unpaired) electrons. The number of likely N-dealkylation sites (tertiary alicyclic amines) is 1. The van der Waals surface area contributed by atoms with Crippen molar-refractivity contribution in [3.05, 3.63) is 23.9 Å². The quantitative estimate of drug-likeness (QED) is 0.823. The van der Waals surface area contributed by atoms with Gasteiger partial charge in [0.15, 0.2) is 0 Å². The van der Waals surface area contributed by atoms with E-state index in [9.17, 15) is 0 Å². The van der Waals surface area contributed by atoms with Crippen LogP contribution < -0.4 is 10.2 Å². The normalized spacial score (nSPS) is 16.1. The average Bonchev–Trinajstić information content (AvgIpc) is 2.90. The monoisotopic (exact) mass is 248 g/mol. The Hall–Kier alpha value is -1.13. The molecule has 0 unspecified atom stereocenters. The van der Waals surface area contributed by atoms with Gasteiger partial charge in [0.2, 0.25) is 0 Å². The molecule has 1 saturated heterocycles. The lowest BCUT2D eigenvalue weighted by Crippen LogP contribution is -2.31. The zero-order valence-electron chi connectivity index (χ0n) is 11.5. The number of rotatable bonds is 6. The topological polar surface area (TPSA) is 31.4 Å². The molecule has 1 aromatic rings. The van der Waals surface area contributed by atoms with E-state index in [-0.39, 0.29) is 0 Å². The third-order valence-electron chi connectivity index (χ3n) is 3.49. The highest BCUT2D eigenvalue weighted by atomic mass is 15.2. The molecule has 2 rings (SSSR count). The van der Waals surface area contributed by atoms with Crippen molar-refractivity contribution in [1.82, 2.24) is 15.2 Å². The molecular formula is C14H24N4. The van der Waals surface area contributed by atoms with Crippen LogP contribution in [-0.4, -0.2) is 50.2 Å². The van der Waals surface area contributed by atoms with Crippen LogP contribution in [0.2, 0.25) is 0 Å². The molecule has 0 spiro atoms. The summed E-state index contributed by atoms with van der Waals surface area (Å²) in [5.41, 5.74) is 1.10. The van der Waals surface area contributed by atoms with Crippen LogP contribution in [0.3, 0.4) is 0 Å². The number of hydrogen-bond donors (Lipinski definition) is 1. The molecule has 18 heavy (non-hydrogen) atoms. The molecule has 0 bridgehead atoms. The zero-order valence-corrected chi connectivity index (χ0v) is 11.5. The lowest BCUT2D eigenvalue weighted by atomic mass is 10.3. The summed E-state index contributed by atoms with van der Waals surface area (Å²) in [6.07, 6.45) is 2.72. The van der Waals surface area contributed by atoms with Crippen molar-refractivity contribution < 1.29 is 0 Å². The molecule has 0 aliphatic carbocycles. The summed E-state index contributed by atoms with van der Waals surface area (Å²) in [5, 5.41) is 3.14. The maximum absolute atomic E-state index is 4.65. The highest BCUT2D eigenvalue weighted by Crippen LogP contribution is 2.11. The fourth-order valence-electron chi connectivity index (χ4n) is 2.37. The minimum Gasteiger partial charge on any atom is -0.358 e. The molecule has 4 heteroatoms. The predicted octanol–water partition coefficient (Wildman–Crippen LogP) is 1.33. The van der Waals surface area contributed by atoms with Gasteiger partial charge in [-0.2, -0.15) is 0 Å². The maximum atomic E-state index is 4.65. The Morgan fingerprint density at radius 2 is 2.11 bits per heavy atom. The Morgan fingerprint density at radius 3 is 2.83 bits per heavy atom. The molecule has 1 aliphatic rings. The van der Waals surface area contributed by atoms with Crippen molar-refractivity contribution >= 4 is 5.82 Å². The summed E-state index contributed by atoms with van der Waals surface area (Å²) in [4.78, 5) is 9.44. The Kier molecular flexibility index (Phi) is 4.96. The molecule has 1 N–H and O–H groups in total. The van der Waals surface area contributed by atoms with E-state index in [0.29, 0.717) is 0 Å². The summed E-state index contributed by atoms with van der Waals surface area (Å²) in [6, 6.07) is 6.23. The highest BCUT2D eigenvalue weighted by Gasteiger charge is 2.12. The van der Waals surface area contributed by atoms with Gasteiger partial charge in [0.05, 0.1) is 5.69 Å². The molecule has 0 amide bonds. The molecule has 0 atom stereocenters. The Labute approximate surface area is 110 Å². The van der Waals surface area contributed by atoms with E-state index in [1.165, 1.54) is 25.9 Å². The number of aromatic nitrogens is 1. The first-order valence-corrected chi connectivity index (χ1v) is 6.83. The van der Waals surface area contributed by atoms with Crippen LogP contribution in [0.4, 0.5) is 5.82 Å². The standard InChI is InChI=1S/C14H24N4/c1-15-12-13-6-5-7-14(16-13)17(2)10-11-18-8-3-4-9-18/h5-7,15H,3-4,8-12H2,1-2H3. The first kappa shape index (κ1) is 13.3. The average molecular weight is 248 g/mol. The number of nitrogens with one attached hydrogen (secondary N) is 1. The van der Waals surface area contributed by atoms with Gasteiger partial charge < -0.3 is 15.1 Å². The first-order valence-electron chi connectivity index (χ1n) is 6.83. The predicted molar refractivity (Wildman–Crippen MR) is 75.9 cm³/mol. The summed E-state index contributed by atoms with van der Waals surface area (Å²) in [7, 11) is 4.08. The van der Waals surface area contributed by atoms with E-state index in [1.54, 1.807) is 0 Å². The smallest absolute Gasteiger partial charge is 0.128 e. The molecule has 0 aromatic carbocycles. The van der Waals surface area contributed by atoms with Crippen molar-refractivity contribution in [1.29, 1.82) is 0 Å². The Morgan fingerprint density at radius 1 is 1.33 bits per heavy atom. The van der Waals surface area contributed by atoms with Crippen LogP contribution in [0.1, 0.15) is 18.5 Å². The van der Waals surface area contributed by atoms with Gasteiger partial charge in [-0.3, -0.25) is 0 Å². The van der Waals surface area contributed by atoms with Crippen LogP contribution in [-0.2, 0) is 6.54 Å². The Bertz CT molecular complexity index is 361. The van der Waals surface area contributed by atoms with E-state index in [0.717, 1.165) is 31.1 Å². The van der Waals surface area contributed by atoms with E-state index in [2.05, 4.69) is 45.3 Å². The summed E-state index contributed by atoms with van der Waals surface area (Å²) >= 11 is 0. The van der Waals surface area contributed by atoms with Crippen LogP contribution in [0, 0.1) is 0 Å². The summed E-state index contributed by atoms with van der Waals surface area (Å²) in [5.74, 6) is 1.07. The van der Waals surface area contributed by atoms with E-state index < -0.39 is 0 Å². The van der Waals surface area contributed by atoms with Crippen LogP contribution in [0.25, 0.3) is 0 Å². The molecule has 2 heterocycles. The van der Waals surface area contributed by atoms with Crippen LogP contribution in [0.15, 0.2) is 18.2 Å². The van der Waals surface area contributed by atoms with Crippen molar-refractivity contribution in [2.24, 2.45) is 0 Å². The number of nitrogens with zero attached hydrogens (tertiary/aromatic N) is 3. The van der Waals surface area contributed by atoms with E-state index in [4.69, 9.17) is 0 Å². The number of hydrogen-bond acceptors (Lipinski definition) is 4. The number of anilines is 1. The van der Waals surface area contributed by atoms with E-state index >= 15 is 0 Å². The third-order valence-corrected chi connectivity index (χ3v) is 3.49. The molecule has 1 aliphatic heterocycles. The third kappa shape index (κ3) is 3.68. The second-order valence-electron chi connectivity index (χ2n) is 4.99. The van der Waals surface area contributed by atoms with Gasteiger partial charge in [0.1, 0.15) is 5.82 Å². The molecule has 4 nitrogen and oxygen atoms in total. The van der Waals surface area contributed by atoms with Crippen LogP contribution in [0.5, 0.6) is 0 Å². The second-order valence-corrected chi connectivity index (χ2v) is 4.99. The van der Waals surface area contributed by atoms with Gasteiger partial charge in [-0.25, -0.2) is 4.98 Å². The van der Waals surface area contributed by atoms with Gasteiger partial charge in [0, 0.05) is 26.7 Å². The minimum atomic E-state index is 0.827. The highest BCUT2D eigenvalue weighted by molar-refractivity contribution is 5.38. The van der Waals surface area contributed by atoms with Gasteiger partial charge >= 0.3 is 0 Å². The van der Waals surface area contributed by atoms with Gasteiger partial charge in [-0.15, -0.1) is 0 Å². The molecule has 100 valence electrons. The first-order chi connectivity index (χ1) is 8.79. The maximum Gasteiger partial charge on any atom is 0.128 e. The Balaban J connectivity index is 1.86. The molecular weight excluding hydrogens is 224 g/mol. The fourth-order valence-corrected chi connectivity index (χ4v) is 2.37. The lowest BCUT2D eigenvalue weighted by molar-refractivity contribution is 0.346. The molecule has 1 aromatic heterocycles. The summed E-state index contributed by atoms with van der Waals surface area (Å²) < 4.78 is 0. The molecule has 1 fully saturated rings. The second kappa shape index (κ2) is 6.71. The van der Waals surface area contributed by atoms with Crippen molar-refractivity contribution in [3.8, 4) is 0 Å². The zero-order chi connectivity index (χ0) is 12.8. The summed E-state index contributed by atoms with van der Waals surface area (Å²) in [6.45, 7) is 5.56.